The lowest BCUT2D eigenvalue weighted by atomic mass is 9.98. The summed E-state index contributed by atoms with van der Waals surface area (Å²) < 4.78 is 10.4. The zero-order valence-corrected chi connectivity index (χ0v) is 13.1. The first-order valence-corrected chi connectivity index (χ1v) is 8.09. The van der Waals surface area contributed by atoms with E-state index in [1.54, 1.807) is 18.7 Å². The molecule has 0 amide bonds. The molecule has 1 unspecified atom stereocenters. The molecule has 2 aromatic rings. The van der Waals surface area contributed by atoms with Gasteiger partial charge in [0.15, 0.2) is 11.7 Å². The van der Waals surface area contributed by atoms with Crippen LogP contribution in [0.4, 0.5) is 0 Å². The molecule has 5 nitrogen and oxygen atoms in total. The van der Waals surface area contributed by atoms with Crippen LogP contribution in [0.15, 0.2) is 28.8 Å². The zero-order chi connectivity index (χ0) is 15.2. The monoisotopic (exact) mass is 306 g/mol. The fourth-order valence-electron chi connectivity index (χ4n) is 1.94. The molecule has 0 aliphatic rings. The third-order valence-electron chi connectivity index (χ3n) is 2.94. The second-order valence-corrected chi connectivity index (χ2v) is 5.44. The summed E-state index contributed by atoms with van der Waals surface area (Å²) >= 11 is 1.60. The topological polar surface area (TPSA) is 65.2 Å². The minimum absolute atomic E-state index is 0.279. The second-order valence-electron chi connectivity index (χ2n) is 4.58. The van der Waals surface area contributed by atoms with Crippen molar-refractivity contribution >= 4 is 17.7 Å². The smallest absolute Gasteiger partial charge is 0.323 e. The number of thioether (sulfide) groups is 1. The number of ether oxygens (including phenoxy) is 1. The van der Waals surface area contributed by atoms with Crippen LogP contribution in [0.5, 0.6) is 0 Å². The molecule has 1 aromatic carbocycles. The van der Waals surface area contributed by atoms with E-state index in [0.29, 0.717) is 18.2 Å². The molecule has 1 heterocycles. The zero-order valence-electron chi connectivity index (χ0n) is 12.3. The molecule has 2 rings (SSSR count). The van der Waals surface area contributed by atoms with Crippen molar-refractivity contribution in [1.29, 1.82) is 0 Å². The van der Waals surface area contributed by atoms with Crippen LogP contribution in [0, 0.1) is 6.92 Å². The largest absolute Gasteiger partial charge is 0.465 e. The van der Waals surface area contributed by atoms with Crippen molar-refractivity contribution in [2.45, 2.75) is 25.5 Å². The first-order chi connectivity index (χ1) is 10.2. The van der Waals surface area contributed by atoms with E-state index in [9.17, 15) is 4.79 Å². The lowest BCUT2D eigenvalue weighted by Gasteiger charge is -2.12. The lowest BCUT2D eigenvalue weighted by Crippen LogP contribution is -2.17. The van der Waals surface area contributed by atoms with Crippen molar-refractivity contribution in [3.8, 4) is 0 Å². The summed E-state index contributed by atoms with van der Waals surface area (Å²) in [5.74, 6) is 0.460. The van der Waals surface area contributed by atoms with Crippen LogP contribution in [0.1, 0.15) is 35.7 Å². The molecule has 0 saturated carbocycles. The van der Waals surface area contributed by atoms with Gasteiger partial charge in [-0.3, -0.25) is 4.79 Å². The standard InChI is InChI=1S/C15H18N2O3S/c1-4-19-15(18)13(11-7-5-10(2)6-8-11)14-16-12(9-21-3)17-20-14/h5-8,13H,4,9H2,1-3H3. The Morgan fingerprint density at radius 3 is 2.71 bits per heavy atom. The van der Waals surface area contributed by atoms with Gasteiger partial charge in [-0.15, -0.1) is 0 Å². The van der Waals surface area contributed by atoms with Crippen molar-refractivity contribution in [3.63, 3.8) is 0 Å². The molecule has 0 spiro atoms. The van der Waals surface area contributed by atoms with Gasteiger partial charge in [-0.2, -0.15) is 16.7 Å². The number of aryl methyl sites for hydroxylation is 1. The third kappa shape index (κ3) is 3.85. The van der Waals surface area contributed by atoms with Gasteiger partial charge in [-0.05, 0) is 25.7 Å². The molecule has 1 atom stereocenters. The van der Waals surface area contributed by atoms with E-state index in [1.165, 1.54) is 0 Å². The first kappa shape index (κ1) is 15.6. The van der Waals surface area contributed by atoms with Gasteiger partial charge in [-0.1, -0.05) is 35.0 Å². The number of hydrogen-bond acceptors (Lipinski definition) is 6. The molecule has 0 aliphatic carbocycles. The average molecular weight is 306 g/mol. The van der Waals surface area contributed by atoms with Crippen molar-refractivity contribution in [2.75, 3.05) is 12.9 Å². The molecule has 1 aromatic heterocycles. The highest BCUT2D eigenvalue weighted by molar-refractivity contribution is 7.97. The Morgan fingerprint density at radius 1 is 1.38 bits per heavy atom. The van der Waals surface area contributed by atoms with E-state index in [4.69, 9.17) is 9.26 Å². The Hall–Kier alpha value is -1.82. The SMILES string of the molecule is CCOC(=O)C(c1ccc(C)cc1)c1nc(CSC)no1. The van der Waals surface area contributed by atoms with Gasteiger partial charge in [0.25, 0.3) is 0 Å². The van der Waals surface area contributed by atoms with Gasteiger partial charge in [-0.25, -0.2) is 0 Å². The van der Waals surface area contributed by atoms with Crippen LogP contribution >= 0.6 is 11.8 Å². The van der Waals surface area contributed by atoms with Crippen molar-refractivity contribution in [1.82, 2.24) is 10.1 Å². The number of carbonyl (C=O) groups excluding carboxylic acids is 1. The van der Waals surface area contributed by atoms with Crippen LogP contribution in [0.3, 0.4) is 0 Å². The quantitative estimate of drug-likeness (QED) is 0.765. The fourth-order valence-corrected chi connectivity index (χ4v) is 2.31. The first-order valence-electron chi connectivity index (χ1n) is 6.70. The van der Waals surface area contributed by atoms with Gasteiger partial charge in [0.1, 0.15) is 0 Å². The summed E-state index contributed by atoms with van der Waals surface area (Å²) in [5.41, 5.74) is 1.91. The maximum Gasteiger partial charge on any atom is 0.323 e. The van der Waals surface area contributed by atoms with E-state index in [-0.39, 0.29) is 11.9 Å². The highest BCUT2D eigenvalue weighted by atomic mass is 32.2. The molecule has 6 heteroatoms. The van der Waals surface area contributed by atoms with Crippen LogP contribution in [0.25, 0.3) is 0 Å². The Kier molecular flexibility index (Phi) is 5.38. The number of aromatic nitrogens is 2. The summed E-state index contributed by atoms with van der Waals surface area (Å²) in [7, 11) is 0. The summed E-state index contributed by atoms with van der Waals surface area (Å²) in [6.45, 7) is 4.08. The Bertz CT molecular complexity index is 595. The van der Waals surface area contributed by atoms with Gasteiger partial charge in [0.05, 0.1) is 12.4 Å². The summed E-state index contributed by atoms with van der Waals surface area (Å²) in [5, 5.41) is 3.90. The highest BCUT2D eigenvalue weighted by Gasteiger charge is 2.29. The highest BCUT2D eigenvalue weighted by Crippen LogP contribution is 2.25. The number of rotatable bonds is 6. The predicted molar refractivity (Wildman–Crippen MR) is 81.2 cm³/mol. The van der Waals surface area contributed by atoms with Gasteiger partial charge >= 0.3 is 5.97 Å². The van der Waals surface area contributed by atoms with Gasteiger partial charge in [0.2, 0.25) is 5.89 Å². The number of esters is 1. The molecule has 112 valence electrons. The maximum atomic E-state index is 12.2. The Morgan fingerprint density at radius 2 is 2.10 bits per heavy atom. The van der Waals surface area contributed by atoms with Crippen LogP contribution in [-0.4, -0.2) is 29.0 Å². The molecule has 0 fully saturated rings. The molecule has 0 radical (unpaired) electrons. The normalized spacial score (nSPS) is 12.1. The minimum Gasteiger partial charge on any atom is -0.465 e. The van der Waals surface area contributed by atoms with Crippen molar-refractivity contribution in [2.24, 2.45) is 0 Å². The number of nitrogens with zero attached hydrogens (tertiary/aromatic N) is 2. The average Bonchev–Trinajstić information content (AvgIpc) is 2.90. The Labute approximate surface area is 128 Å². The molecule has 0 aliphatic heterocycles. The number of hydrogen-bond donors (Lipinski definition) is 0. The van der Waals surface area contributed by atoms with Crippen LogP contribution in [-0.2, 0) is 15.3 Å². The van der Waals surface area contributed by atoms with Crippen molar-refractivity contribution in [3.05, 3.63) is 47.1 Å². The lowest BCUT2D eigenvalue weighted by molar-refractivity contribution is -0.144. The minimum atomic E-state index is -0.673. The summed E-state index contributed by atoms with van der Waals surface area (Å²) in [4.78, 5) is 16.5. The van der Waals surface area contributed by atoms with E-state index in [2.05, 4.69) is 10.1 Å². The second kappa shape index (κ2) is 7.26. The van der Waals surface area contributed by atoms with E-state index < -0.39 is 5.92 Å². The summed E-state index contributed by atoms with van der Waals surface area (Å²) in [6.07, 6.45) is 1.96. The molecule has 0 N–H and O–H groups in total. The molecule has 21 heavy (non-hydrogen) atoms. The molecule has 0 bridgehead atoms. The molecular formula is C15H18N2O3S. The number of benzene rings is 1. The van der Waals surface area contributed by atoms with Crippen LogP contribution in [0.2, 0.25) is 0 Å². The van der Waals surface area contributed by atoms with Crippen LogP contribution < -0.4 is 0 Å². The molecular weight excluding hydrogens is 288 g/mol. The molecule has 0 saturated heterocycles. The number of carbonyl (C=O) groups is 1. The fraction of sp³-hybridized carbons (Fsp3) is 0.400. The third-order valence-corrected chi connectivity index (χ3v) is 3.48. The van der Waals surface area contributed by atoms with Crippen molar-refractivity contribution < 1.29 is 14.1 Å². The Balaban J connectivity index is 2.34. The summed E-state index contributed by atoms with van der Waals surface area (Å²) in [6, 6.07) is 7.66. The maximum absolute atomic E-state index is 12.2. The predicted octanol–water partition coefficient (Wildman–Crippen LogP) is 2.94. The van der Waals surface area contributed by atoms with Gasteiger partial charge in [0, 0.05) is 0 Å². The van der Waals surface area contributed by atoms with Gasteiger partial charge < -0.3 is 9.26 Å². The van der Waals surface area contributed by atoms with E-state index in [0.717, 1.165) is 11.1 Å². The van der Waals surface area contributed by atoms with E-state index in [1.807, 2.05) is 37.4 Å². The van der Waals surface area contributed by atoms with E-state index >= 15 is 0 Å².